The molecular formula is C22H21N5O. The van der Waals surface area contributed by atoms with E-state index in [1.54, 1.807) is 0 Å². The van der Waals surface area contributed by atoms with E-state index in [0.717, 1.165) is 22.4 Å². The van der Waals surface area contributed by atoms with Crippen molar-refractivity contribution < 1.29 is 4.79 Å². The molecular weight excluding hydrogens is 350 g/mol. The number of benzene rings is 2. The monoisotopic (exact) mass is 371 g/mol. The van der Waals surface area contributed by atoms with E-state index < -0.39 is 0 Å². The Kier molecular flexibility index (Phi) is 5.01. The molecule has 4 rings (SSSR count). The minimum absolute atomic E-state index is 0.0838. The lowest BCUT2D eigenvalue weighted by Crippen LogP contribution is -2.29. The maximum Gasteiger partial charge on any atom is 0.251 e. The van der Waals surface area contributed by atoms with E-state index in [9.17, 15) is 4.79 Å². The Morgan fingerprint density at radius 2 is 1.71 bits per heavy atom. The smallest absolute Gasteiger partial charge is 0.251 e. The highest BCUT2D eigenvalue weighted by Gasteiger charge is 2.06. The van der Waals surface area contributed by atoms with Crippen LogP contribution < -0.4 is 10.6 Å². The van der Waals surface area contributed by atoms with Crippen LogP contribution in [0, 0.1) is 6.92 Å². The zero-order chi connectivity index (χ0) is 19.3. The number of aryl methyl sites for hydroxylation is 1. The Balaban J connectivity index is 1.34. The SMILES string of the molecule is Cc1nc(NCCNC(=O)c2ccc3ccccc3c2)cc(-n2cccc2)n1. The Bertz CT molecular complexity index is 1110. The molecule has 140 valence electrons. The number of carbonyl (C=O) groups is 1. The first kappa shape index (κ1) is 17.7. The highest BCUT2D eigenvalue weighted by atomic mass is 16.1. The van der Waals surface area contributed by atoms with E-state index in [0.29, 0.717) is 24.5 Å². The Morgan fingerprint density at radius 1 is 0.929 bits per heavy atom. The molecule has 0 atom stereocenters. The molecule has 1 amide bonds. The lowest BCUT2D eigenvalue weighted by atomic mass is 10.1. The maximum absolute atomic E-state index is 12.4. The van der Waals surface area contributed by atoms with Gasteiger partial charge in [0, 0.05) is 37.1 Å². The molecule has 28 heavy (non-hydrogen) atoms. The summed E-state index contributed by atoms with van der Waals surface area (Å²) in [5.41, 5.74) is 0.659. The van der Waals surface area contributed by atoms with E-state index in [4.69, 9.17) is 0 Å². The summed E-state index contributed by atoms with van der Waals surface area (Å²) in [5, 5.41) is 8.37. The molecule has 6 heteroatoms. The Hall–Kier alpha value is -3.67. The number of fused-ring (bicyclic) bond motifs is 1. The number of hydrogen-bond donors (Lipinski definition) is 2. The second-order valence-electron chi connectivity index (χ2n) is 6.49. The van der Waals surface area contributed by atoms with Gasteiger partial charge in [0.05, 0.1) is 0 Å². The van der Waals surface area contributed by atoms with Gasteiger partial charge in [0.1, 0.15) is 17.5 Å². The van der Waals surface area contributed by atoms with Gasteiger partial charge in [-0.2, -0.15) is 0 Å². The minimum Gasteiger partial charge on any atom is -0.368 e. The van der Waals surface area contributed by atoms with Gasteiger partial charge in [-0.1, -0.05) is 30.3 Å². The largest absolute Gasteiger partial charge is 0.368 e. The van der Waals surface area contributed by atoms with Gasteiger partial charge in [0.25, 0.3) is 5.91 Å². The summed E-state index contributed by atoms with van der Waals surface area (Å²) >= 11 is 0. The molecule has 2 N–H and O–H groups in total. The molecule has 0 saturated carbocycles. The fourth-order valence-electron chi connectivity index (χ4n) is 3.06. The van der Waals surface area contributed by atoms with Crippen molar-refractivity contribution in [2.45, 2.75) is 6.92 Å². The summed E-state index contributed by atoms with van der Waals surface area (Å²) in [6.07, 6.45) is 3.88. The van der Waals surface area contributed by atoms with E-state index in [2.05, 4.69) is 20.6 Å². The van der Waals surface area contributed by atoms with Crippen LogP contribution in [0.3, 0.4) is 0 Å². The number of rotatable bonds is 6. The second kappa shape index (κ2) is 7.92. The molecule has 0 aliphatic heterocycles. The van der Waals surface area contributed by atoms with E-state index >= 15 is 0 Å². The normalized spacial score (nSPS) is 10.8. The summed E-state index contributed by atoms with van der Waals surface area (Å²) in [6.45, 7) is 2.92. The second-order valence-corrected chi connectivity index (χ2v) is 6.49. The summed E-state index contributed by atoms with van der Waals surface area (Å²) in [7, 11) is 0. The maximum atomic E-state index is 12.4. The van der Waals surface area contributed by atoms with Crippen LogP contribution in [0.15, 0.2) is 73.1 Å². The predicted molar refractivity (Wildman–Crippen MR) is 111 cm³/mol. The number of anilines is 1. The van der Waals surface area contributed by atoms with Crippen molar-refractivity contribution in [1.29, 1.82) is 0 Å². The van der Waals surface area contributed by atoms with Gasteiger partial charge in [-0.25, -0.2) is 9.97 Å². The number of nitrogens with zero attached hydrogens (tertiary/aromatic N) is 3. The van der Waals surface area contributed by atoms with Crippen LogP contribution in [-0.2, 0) is 0 Å². The van der Waals surface area contributed by atoms with Crippen molar-refractivity contribution in [1.82, 2.24) is 19.9 Å². The first-order chi connectivity index (χ1) is 13.7. The van der Waals surface area contributed by atoms with E-state index in [1.165, 1.54) is 0 Å². The molecule has 0 bridgehead atoms. The third-order valence-electron chi connectivity index (χ3n) is 4.42. The van der Waals surface area contributed by atoms with Gasteiger partial charge >= 0.3 is 0 Å². The molecule has 0 saturated heterocycles. The standard InChI is InChI=1S/C22H21N5O/c1-16-25-20(15-21(26-16)27-12-4-5-13-27)23-10-11-24-22(28)19-9-8-17-6-2-3-7-18(17)14-19/h2-9,12-15H,10-11H2,1H3,(H,24,28)(H,23,25,26). The molecule has 4 aromatic rings. The molecule has 0 aliphatic rings. The van der Waals surface area contributed by atoms with Crippen molar-refractivity contribution in [3.63, 3.8) is 0 Å². The molecule has 6 nitrogen and oxygen atoms in total. The quantitative estimate of drug-likeness (QED) is 0.508. The van der Waals surface area contributed by atoms with E-state index in [1.807, 2.05) is 84.5 Å². The highest BCUT2D eigenvalue weighted by Crippen LogP contribution is 2.15. The van der Waals surface area contributed by atoms with Crippen LogP contribution in [-0.4, -0.2) is 33.5 Å². The van der Waals surface area contributed by atoms with Crippen LogP contribution in [0.25, 0.3) is 16.6 Å². The average molecular weight is 371 g/mol. The van der Waals surface area contributed by atoms with Gasteiger partial charge in [0.2, 0.25) is 0 Å². The van der Waals surface area contributed by atoms with Crippen molar-refractivity contribution in [3.8, 4) is 5.82 Å². The first-order valence-electron chi connectivity index (χ1n) is 9.19. The fraction of sp³-hybridized carbons (Fsp3) is 0.136. The molecule has 0 unspecified atom stereocenters. The summed E-state index contributed by atoms with van der Waals surface area (Å²) in [6, 6.07) is 19.5. The Morgan fingerprint density at radius 3 is 2.54 bits per heavy atom. The van der Waals surface area contributed by atoms with Crippen molar-refractivity contribution in [2.24, 2.45) is 0 Å². The zero-order valence-corrected chi connectivity index (χ0v) is 15.6. The van der Waals surface area contributed by atoms with Crippen LogP contribution in [0.1, 0.15) is 16.2 Å². The van der Waals surface area contributed by atoms with Crippen LogP contribution in [0.4, 0.5) is 5.82 Å². The van der Waals surface area contributed by atoms with Crippen molar-refractivity contribution >= 4 is 22.5 Å². The van der Waals surface area contributed by atoms with Gasteiger partial charge in [0.15, 0.2) is 0 Å². The molecule has 0 fully saturated rings. The molecule has 0 radical (unpaired) electrons. The summed E-state index contributed by atoms with van der Waals surface area (Å²) < 4.78 is 1.93. The highest BCUT2D eigenvalue weighted by molar-refractivity contribution is 5.98. The molecule has 2 aromatic carbocycles. The number of carbonyl (C=O) groups excluding carboxylic acids is 1. The molecule has 2 aromatic heterocycles. The third-order valence-corrected chi connectivity index (χ3v) is 4.42. The number of hydrogen-bond acceptors (Lipinski definition) is 4. The lowest BCUT2D eigenvalue weighted by Gasteiger charge is -2.10. The van der Waals surface area contributed by atoms with Crippen LogP contribution in [0.2, 0.25) is 0 Å². The van der Waals surface area contributed by atoms with E-state index in [-0.39, 0.29) is 5.91 Å². The van der Waals surface area contributed by atoms with Crippen LogP contribution in [0.5, 0.6) is 0 Å². The molecule has 0 aliphatic carbocycles. The minimum atomic E-state index is -0.0838. The zero-order valence-electron chi connectivity index (χ0n) is 15.6. The van der Waals surface area contributed by atoms with Gasteiger partial charge in [-0.15, -0.1) is 0 Å². The average Bonchev–Trinajstić information content (AvgIpc) is 3.25. The number of nitrogens with one attached hydrogen (secondary N) is 2. The van der Waals surface area contributed by atoms with Gasteiger partial charge in [-0.3, -0.25) is 4.79 Å². The van der Waals surface area contributed by atoms with Crippen molar-refractivity contribution in [2.75, 3.05) is 18.4 Å². The van der Waals surface area contributed by atoms with Crippen molar-refractivity contribution in [3.05, 3.63) is 84.4 Å². The van der Waals surface area contributed by atoms with Gasteiger partial charge < -0.3 is 15.2 Å². The molecule has 2 heterocycles. The predicted octanol–water partition coefficient (Wildman–Crippen LogP) is 3.57. The lowest BCUT2D eigenvalue weighted by molar-refractivity contribution is 0.0955. The summed E-state index contributed by atoms with van der Waals surface area (Å²) in [4.78, 5) is 21.2. The van der Waals surface area contributed by atoms with Crippen LogP contribution >= 0.6 is 0 Å². The Labute approximate surface area is 163 Å². The topological polar surface area (TPSA) is 71.8 Å². The fourth-order valence-corrected chi connectivity index (χ4v) is 3.06. The number of aromatic nitrogens is 3. The third kappa shape index (κ3) is 4.01. The van der Waals surface area contributed by atoms with Gasteiger partial charge in [-0.05, 0) is 42.0 Å². The number of amides is 1. The molecule has 0 spiro atoms. The first-order valence-corrected chi connectivity index (χ1v) is 9.19. The summed E-state index contributed by atoms with van der Waals surface area (Å²) in [5.74, 6) is 2.14.